The highest BCUT2D eigenvalue weighted by Gasteiger charge is 2.37. The van der Waals surface area contributed by atoms with Gasteiger partial charge in [0.15, 0.2) is 0 Å². The Balaban J connectivity index is 1.71. The molecule has 1 aromatic rings. The van der Waals surface area contributed by atoms with E-state index in [4.69, 9.17) is 4.52 Å². The minimum absolute atomic E-state index is 0.183. The van der Waals surface area contributed by atoms with Gasteiger partial charge in [-0.2, -0.15) is 0 Å². The maximum Gasteiger partial charge on any atom is 0.230 e. The molecule has 3 rings (SSSR count). The first kappa shape index (κ1) is 11.7. The molecule has 18 heavy (non-hydrogen) atoms. The fraction of sp³-hybridized carbons (Fsp3) is 0.692. The SMILES string of the molecule is Cc1cc(CC(=O)N2[C@@H]3CCNC[C@H]2CC3)on1. The molecule has 2 aliphatic heterocycles. The average molecular weight is 249 g/mol. The van der Waals surface area contributed by atoms with Crippen molar-refractivity contribution in [2.45, 2.75) is 44.7 Å². The first-order chi connectivity index (χ1) is 8.74. The second kappa shape index (κ2) is 4.72. The van der Waals surface area contributed by atoms with Crippen molar-refractivity contribution in [2.75, 3.05) is 13.1 Å². The van der Waals surface area contributed by atoms with Gasteiger partial charge in [0.2, 0.25) is 5.91 Å². The molecule has 98 valence electrons. The summed E-state index contributed by atoms with van der Waals surface area (Å²) in [6, 6.07) is 2.63. The lowest BCUT2D eigenvalue weighted by Crippen LogP contribution is -2.43. The second-order valence-electron chi connectivity index (χ2n) is 5.29. The minimum atomic E-state index is 0.183. The maximum atomic E-state index is 12.4. The predicted molar refractivity (Wildman–Crippen MR) is 66.1 cm³/mol. The number of carbonyl (C=O) groups excluding carboxylic acids is 1. The van der Waals surface area contributed by atoms with Gasteiger partial charge >= 0.3 is 0 Å². The van der Waals surface area contributed by atoms with Gasteiger partial charge in [-0.1, -0.05) is 5.16 Å². The van der Waals surface area contributed by atoms with E-state index in [0.29, 0.717) is 24.3 Å². The lowest BCUT2D eigenvalue weighted by molar-refractivity contribution is -0.133. The van der Waals surface area contributed by atoms with E-state index in [2.05, 4.69) is 15.4 Å². The van der Waals surface area contributed by atoms with Crippen molar-refractivity contribution in [1.82, 2.24) is 15.4 Å². The second-order valence-corrected chi connectivity index (χ2v) is 5.29. The Morgan fingerprint density at radius 1 is 1.50 bits per heavy atom. The summed E-state index contributed by atoms with van der Waals surface area (Å²) in [6.45, 7) is 3.82. The molecule has 2 fully saturated rings. The van der Waals surface area contributed by atoms with Crippen molar-refractivity contribution in [3.63, 3.8) is 0 Å². The zero-order valence-electron chi connectivity index (χ0n) is 10.7. The highest BCUT2D eigenvalue weighted by molar-refractivity contribution is 5.79. The monoisotopic (exact) mass is 249 g/mol. The van der Waals surface area contributed by atoms with Gasteiger partial charge in [-0.3, -0.25) is 4.79 Å². The molecule has 2 saturated heterocycles. The number of nitrogens with one attached hydrogen (secondary N) is 1. The number of hydrogen-bond donors (Lipinski definition) is 1. The molecular formula is C13H19N3O2. The van der Waals surface area contributed by atoms with Crippen molar-refractivity contribution in [1.29, 1.82) is 0 Å². The Morgan fingerprint density at radius 2 is 2.33 bits per heavy atom. The Labute approximate surface area is 107 Å². The van der Waals surface area contributed by atoms with Crippen molar-refractivity contribution in [2.24, 2.45) is 0 Å². The smallest absolute Gasteiger partial charge is 0.230 e. The van der Waals surface area contributed by atoms with Gasteiger partial charge in [0.1, 0.15) is 5.76 Å². The van der Waals surface area contributed by atoms with Gasteiger partial charge in [0, 0.05) is 24.7 Å². The highest BCUT2D eigenvalue weighted by atomic mass is 16.5. The molecule has 0 spiro atoms. The summed E-state index contributed by atoms with van der Waals surface area (Å²) in [7, 11) is 0. The van der Waals surface area contributed by atoms with Gasteiger partial charge in [-0.15, -0.1) is 0 Å². The van der Waals surface area contributed by atoms with Crippen molar-refractivity contribution < 1.29 is 9.32 Å². The fourth-order valence-electron chi connectivity index (χ4n) is 3.13. The number of carbonyl (C=O) groups is 1. The van der Waals surface area contributed by atoms with E-state index in [9.17, 15) is 4.79 Å². The van der Waals surface area contributed by atoms with Crippen LogP contribution in [-0.4, -0.2) is 41.1 Å². The van der Waals surface area contributed by atoms with E-state index in [1.54, 1.807) is 0 Å². The van der Waals surface area contributed by atoms with E-state index in [1.807, 2.05) is 13.0 Å². The molecule has 5 heteroatoms. The van der Waals surface area contributed by atoms with Crippen LogP contribution in [0.2, 0.25) is 0 Å². The third-order valence-corrected chi connectivity index (χ3v) is 3.94. The molecular weight excluding hydrogens is 230 g/mol. The molecule has 0 aromatic carbocycles. The topological polar surface area (TPSA) is 58.4 Å². The Morgan fingerprint density at radius 3 is 3.11 bits per heavy atom. The van der Waals surface area contributed by atoms with Gasteiger partial charge in [0.05, 0.1) is 12.1 Å². The number of nitrogens with zero attached hydrogens (tertiary/aromatic N) is 2. The molecule has 0 radical (unpaired) electrons. The van der Waals surface area contributed by atoms with Crippen LogP contribution in [0, 0.1) is 6.92 Å². The van der Waals surface area contributed by atoms with Crippen LogP contribution in [0.25, 0.3) is 0 Å². The van der Waals surface area contributed by atoms with E-state index in [0.717, 1.165) is 38.0 Å². The summed E-state index contributed by atoms with van der Waals surface area (Å²) in [5.41, 5.74) is 0.832. The number of aryl methyl sites for hydroxylation is 1. The number of aromatic nitrogens is 1. The summed E-state index contributed by atoms with van der Waals surface area (Å²) < 4.78 is 5.13. The number of amides is 1. The summed E-state index contributed by atoms with van der Waals surface area (Å²) in [4.78, 5) is 14.5. The predicted octanol–water partition coefficient (Wildman–Crippen LogP) is 0.878. The van der Waals surface area contributed by atoms with Gasteiger partial charge in [0.25, 0.3) is 0 Å². The average Bonchev–Trinajstić information content (AvgIpc) is 2.81. The first-order valence-electron chi connectivity index (χ1n) is 6.68. The number of hydrogen-bond acceptors (Lipinski definition) is 4. The zero-order chi connectivity index (χ0) is 12.5. The Hall–Kier alpha value is -1.36. The molecule has 0 unspecified atom stereocenters. The van der Waals surface area contributed by atoms with E-state index >= 15 is 0 Å². The third-order valence-electron chi connectivity index (χ3n) is 3.94. The van der Waals surface area contributed by atoms with Crippen molar-refractivity contribution >= 4 is 5.91 Å². The summed E-state index contributed by atoms with van der Waals surface area (Å²) in [5, 5.41) is 7.23. The molecule has 2 bridgehead atoms. The van der Waals surface area contributed by atoms with E-state index < -0.39 is 0 Å². The number of rotatable bonds is 2. The van der Waals surface area contributed by atoms with Crippen LogP contribution in [0.5, 0.6) is 0 Å². The van der Waals surface area contributed by atoms with E-state index in [1.165, 1.54) is 0 Å². The summed E-state index contributed by atoms with van der Waals surface area (Å²) in [5.74, 6) is 0.858. The van der Waals surface area contributed by atoms with Gasteiger partial charge in [-0.05, 0) is 32.7 Å². The largest absolute Gasteiger partial charge is 0.361 e. The molecule has 5 nitrogen and oxygen atoms in total. The molecule has 2 aliphatic rings. The standard InChI is InChI=1S/C13H19N3O2/c1-9-6-12(18-15-9)7-13(17)16-10-2-3-11(16)8-14-5-4-10/h6,10-11,14H,2-5,7-8H2,1H3/t10-,11+/m0/s1. The molecule has 1 aromatic heterocycles. The molecule has 2 atom stereocenters. The van der Waals surface area contributed by atoms with Crippen LogP contribution < -0.4 is 5.32 Å². The molecule has 1 amide bonds. The lowest BCUT2D eigenvalue weighted by atomic mass is 10.1. The number of fused-ring (bicyclic) bond motifs is 2. The zero-order valence-corrected chi connectivity index (χ0v) is 10.7. The summed E-state index contributed by atoms with van der Waals surface area (Å²) in [6.07, 6.45) is 3.68. The normalized spacial score (nSPS) is 27.3. The Bertz CT molecular complexity index is 429. The quantitative estimate of drug-likeness (QED) is 0.845. The first-order valence-corrected chi connectivity index (χ1v) is 6.68. The lowest BCUT2D eigenvalue weighted by Gasteiger charge is -2.27. The van der Waals surface area contributed by atoms with Crippen LogP contribution >= 0.6 is 0 Å². The molecule has 0 aliphatic carbocycles. The minimum Gasteiger partial charge on any atom is -0.361 e. The molecule has 3 heterocycles. The molecule has 1 N–H and O–H groups in total. The molecule has 0 saturated carbocycles. The fourth-order valence-corrected chi connectivity index (χ4v) is 3.13. The van der Waals surface area contributed by atoms with Gasteiger partial charge < -0.3 is 14.7 Å². The Kier molecular flexibility index (Phi) is 3.07. The summed E-state index contributed by atoms with van der Waals surface area (Å²) >= 11 is 0. The van der Waals surface area contributed by atoms with Crippen molar-refractivity contribution in [3.05, 3.63) is 17.5 Å². The van der Waals surface area contributed by atoms with Crippen LogP contribution in [0.1, 0.15) is 30.7 Å². The van der Waals surface area contributed by atoms with Gasteiger partial charge in [-0.25, -0.2) is 0 Å². The van der Waals surface area contributed by atoms with Crippen LogP contribution in [0.15, 0.2) is 10.6 Å². The van der Waals surface area contributed by atoms with E-state index in [-0.39, 0.29) is 5.91 Å². The maximum absolute atomic E-state index is 12.4. The third kappa shape index (κ3) is 2.14. The van der Waals surface area contributed by atoms with Crippen molar-refractivity contribution in [3.8, 4) is 0 Å². The van der Waals surface area contributed by atoms with Crippen LogP contribution in [-0.2, 0) is 11.2 Å². The highest BCUT2D eigenvalue weighted by Crippen LogP contribution is 2.28. The van der Waals surface area contributed by atoms with Crippen LogP contribution in [0.4, 0.5) is 0 Å². The van der Waals surface area contributed by atoms with Crippen LogP contribution in [0.3, 0.4) is 0 Å².